The fourth-order valence-electron chi connectivity index (χ4n) is 3.56. The van der Waals surface area contributed by atoms with Gasteiger partial charge in [0.1, 0.15) is 0 Å². The van der Waals surface area contributed by atoms with Crippen LogP contribution >= 0.6 is 0 Å². The smallest absolute Gasteiger partial charge is 0.611 e. The van der Waals surface area contributed by atoms with Gasteiger partial charge in [-0.1, -0.05) is 37.1 Å². The van der Waals surface area contributed by atoms with E-state index in [0.29, 0.717) is 0 Å². The summed E-state index contributed by atoms with van der Waals surface area (Å²) in [5.74, 6) is 3.74. The minimum absolute atomic E-state index is 0.233. The topological polar surface area (TPSA) is 43.2 Å². The van der Waals surface area contributed by atoms with Crippen LogP contribution in [0.25, 0.3) is 0 Å². The molecular formula is C21H23AlN2O2. The molecule has 4 rings (SSSR count). The van der Waals surface area contributed by atoms with E-state index in [1.807, 2.05) is 54.6 Å². The number of para-hydroxylation sites is 2. The number of hydrogen-bond donors (Lipinski definition) is 0. The molecule has 2 aromatic carbocycles. The summed E-state index contributed by atoms with van der Waals surface area (Å²) >= 11 is -1.90. The molecule has 0 bridgehead atoms. The maximum Gasteiger partial charge on any atom is 0.853 e. The van der Waals surface area contributed by atoms with Crippen molar-refractivity contribution < 1.29 is 7.58 Å². The lowest BCUT2D eigenvalue weighted by atomic mass is 9.91. The van der Waals surface area contributed by atoms with Gasteiger partial charge in [0.25, 0.3) is 0 Å². The van der Waals surface area contributed by atoms with Gasteiger partial charge >= 0.3 is 14.8 Å². The highest BCUT2D eigenvalue weighted by Crippen LogP contribution is 2.26. The Morgan fingerprint density at radius 2 is 1.23 bits per heavy atom. The van der Waals surface area contributed by atoms with Gasteiger partial charge in [-0.15, -0.1) is 0 Å². The maximum atomic E-state index is 6.18. The molecule has 0 radical (unpaired) electrons. The third-order valence-electron chi connectivity index (χ3n) is 4.93. The van der Waals surface area contributed by atoms with Crippen LogP contribution in [0.2, 0.25) is 5.79 Å². The molecule has 1 aliphatic heterocycles. The number of fused-ring (bicyclic) bond motifs is 3. The number of rotatable bonds is 0. The van der Waals surface area contributed by atoms with Crippen molar-refractivity contribution in [1.29, 1.82) is 0 Å². The average molecular weight is 362 g/mol. The molecule has 0 spiro atoms. The second-order valence-electron chi connectivity index (χ2n) is 6.85. The van der Waals surface area contributed by atoms with Gasteiger partial charge in [-0.2, -0.15) is 0 Å². The van der Waals surface area contributed by atoms with Crippen molar-refractivity contribution in [3.8, 4) is 11.5 Å². The zero-order valence-electron chi connectivity index (χ0n) is 15.0. The molecule has 5 heteroatoms. The van der Waals surface area contributed by atoms with E-state index in [9.17, 15) is 0 Å². The second-order valence-corrected chi connectivity index (χ2v) is 8.46. The third kappa shape index (κ3) is 4.01. The quantitative estimate of drug-likeness (QED) is 0.651. The predicted molar refractivity (Wildman–Crippen MR) is 107 cm³/mol. The van der Waals surface area contributed by atoms with E-state index in [1.54, 1.807) is 0 Å². The van der Waals surface area contributed by atoms with Crippen molar-refractivity contribution in [2.45, 2.75) is 43.6 Å². The van der Waals surface area contributed by atoms with E-state index < -0.39 is 14.8 Å². The number of hydrogen-bond acceptors (Lipinski definition) is 4. The average Bonchev–Trinajstić information content (AvgIpc) is 2.67. The summed E-state index contributed by atoms with van der Waals surface area (Å²) in [5.41, 5.74) is 2.02. The van der Waals surface area contributed by atoms with Crippen molar-refractivity contribution in [3.05, 3.63) is 59.7 Å². The summed E-state index contributed by atoms with van der Waals surface area (Å²) in [6, 6.07) is 16.6. The molecule has 1 aliphatic carbocycles. The minimum atomic E-state index is -1.90. The third-order valence-corrected chi connectivity index (χ3v) is 6.10. The molecule has 1 fully saturated rings. The van der Waals surface area contributed by atoms with Crippen LogP contribution in [0, 0.1) is 0 Å². The monoisotopic (exact) mass is 362 g/mol. The summed E-state index contributed by atoms with van der Waals surface area (Å²) in [4.78, 5) is 9.78. The molecule has 1 heterocycles. The van der Waals surface area contributed by atoms with Gasteiger partial charge in [0.05, 0.1) is 23.6 Å². The maximum absolute atomic E-state index is 6.18. The molecule has 0 unspecified atom stereocenters. The Morgan fingerprint density at radius 1 is 0.769 bits per heavy atom. The highest BCUT2D eigenvalue weighted by Gasteiger charge is 2.27. The Balaban J connectivity index is 1.75. The fourth-order valence-corrected chi connectivity index (χ4v) is 4.75. The Kier molecular flexibility index (Phi) is 5.38. The Hall–Kier alpha value is -2.09. The number of aliphatic imine (C=N–C) groups is 2. The summed E-state index contributed by atoms with van der Waals surface area (Å²) in [7, 11) is 0. The summed E-state index contributed by atoms with van der Waals surface area (Å²) in [6.45, 7) is 0. The first-order valence-electron chi connectivity index (χ1n) is 9.37. The molecule has 1 saturated carbocycles. The molecule has 2 aromatic rings. The van der Waals surface area contributed by atoms with Gasteiger partial charge in [0.2, 0.25) is 0 Å². The van der Waals surface area contributed by atoms with E-state index >= 15 is 0 Å². The molecule has 132 valence electrons. The molecule has 2 aliphatic rings. The molecule has 0 N–H and O–H groups in total. The summed E-state index contributed by atoms with van der Waals surface area (Å²) in [5, 5.41) is 0. The molecule has 0 amide bonds. The largest absolute Gasteiger partial charge is 0.853 e. The lowest BCUT2D eigenvalue weighted by Gasteiger charge is -2.25. The van der Waals surface area contributed by atoms with Crippen molar-refractivity contribution in [2.24, 2.45) is 9.98 Å². The molecule has 0 saturated heterocycles. The highest BCUT2D eigenvalue weighted by atomic mass is 27.2. The Bertz CT molecular complexity index is 754. The molecule has 0 aromatic heterocycles. The standard InChI is InChI=1S/C20H22N2O2.CH3.Al/c23-19-11-5-1-7-15(19)13-21-17-9-3-4-10-18(17)22-14-16-8-2-6-12-20(16)24;;/h1-2,5-8,11-14,17-18,23-24H,3-4,9-10H2;1H3;/q;;+2/p-2/t17-,18-;;/m1../s1. The predicted octanol–water partition coefficient (Wildman–Crippen LogP) is 4.43. The van der Waals surface area contributed by atoms with Crippen molar-refractivity contribution >= 4 is 27.2 Å². The minimum Gasteiger partial charge on any atom is -0.611 e. The van der Waals surface area contributed by atoms with Crippen LogP contribution in [0.4, 0.5) is 0 Å². The zero-order valence-corrected chi connectivity index (χ0v) is 16.2. The molecule has 2 atom stereocenters. The van der Waals surface area contributed by atoms with Gasteiger partial charge in [-0.05, 0) is 42.9 Å². The van der Waals surface area contributed by atoms with Crippen LogP contribution in [-0.2, 0) is 0 Å². The summed E-state index contributed by atoms with van der Waals surface area (Å²) in [6.07, 6.45) is 8.53. The zero-order chi connectivity index (χ0) is 17.8. The molecular weight excluding hydrogens is 339 g/mol. The van der Waals surface area contributed by atoms with Gasteiger partial charge in [-0.25, -0.2) is 0 Å². The highest BCUT2D eigenvalue weighted by molar-refractivity contribution is 6.44. The van der Waals surface area contributed by atoms with Gasteiger partial charge in [0, 0.05) is 23.6 Å². The lowest BCUT2D eigenvalue weighted by Crippen LogP contribution is -2.27. The Labute approximate surface area is 159 Å². The van der Waals surface area contributed by atoms with Gasteiger partial charge < -0.3 is 7.58 Å². The van der Waals surface area contributed by atoms with Crippen LogP contribution in [0.3, 0.4) is 0 Å². The van der Waals surface area contributed by atoms with Crippen molar-refractivity contribution in [3.63, 3.8) is 0 Å². The molecule has 26 heavy (non-hydrogen) atoms. The van der Waals surface area contributed by atoms with E-state index in [2.05, 4.69) is 12.1 Å². The van der Waals surface area contributed by atoms with Gasteiger partial charge in [-0.3, -0.25) is 9.98 Å². The van der Waals surface area contributed by atoms with Crippen LogP contribution in [0.1, 0.15) is 36.8 Å². The van der Waals surface area contributed by atoms with Crippen LogP contribution in [0.15, 0.2) is 58.5 Å². The number of benzene rings is 2. The van der Waals surface area contributed by atoms with Crippen molar-refractivity contribution in [2.75, 3.05) is 0 Å². The van der Waals surface area contributed by atoms with Crippen LogP contribution < -0.4 is 7.58 Å². The first kappa shape index (κ1) is 17.3. The Morgan fingerprint density at radius 3 is 1.73 bits per heavy atom. The van der Waals surface area contributed by atoms with E-state index in [0.717, 1.165) is 35.5 Å². The first-order valence-corrected chi connectivity index (χ1v) is 11.5. The van der Waals surface area contributed by atoms with Crippen LogP contribution in [0.5, 0.6) is 11.5 Å². The first-order chi connectivity index (χ1) is 12.8. The number of nitrogens with zero attached hydrogens (tertiary/aromatic N) is 2. The summed E-state index contributed by atoms with van der Waals surface area (Å²) < 4.78 is 12.4. The molecule has 4 nitrogen and oxygen atoms in total. The van der Waals surface area contributed by atoms with Gasteiger partial charge in [0.15, 0.2) is 0 Å². The van der Waals surface area contributed by atoms with E-state index in [4.69, 9.17) is 17.6 Å². The van der Waals surface area contributed by atoms with E-state index in [1.165, 1.54) is 12.8 Å². The normalized spacial score (nSPS) is 22.4. The van der Waals surface area contributed by atoms with E-state index in [-0.39, 0.29) is 12.1 Å². The SMILES string of the molecule is [CH3][Al]1[O]c2ccccc2C=N[C@@H]2CCCC[C@H]2N=Cc2ccccc2[O]1. The lowest BCUT2D eigenvalue weighted by molar-refractivity contribution is 0.390. The second kappa shape index (κ2) is 8.07. The van der Waals surface area contributed by atoms with Crippen molar-refractivity contribution in [1.82, 2.24) is 0 Å². The van der Waals surface area contributed by atoms with Crippen LogP contribution in [-0.4, -0.2) is 39.3 Å². The fraction of sp³-hybridized carbons (Fsp3) is 0.333.